The van der Waals surface area contributed by atoms with Crippen LogP contribution in [0.2, 0.25) is 0 Å². The molecule has 5 heteroatoms. The minimum absolute atomic E-state index is 0.193. The van der Waals surface area contributed by atoms with Gasteiger partial charge in [0.15, 0.2) is 6.79 Å². The van der Waals surface area contributed by atoms with Crippen molar-refractivity contribution in [3.63, 3.8) is 0 Å². The van der Waals surface area contributed by atoms with Crippen molar-refractivity contribution in [3.8, 4) is 5.75 Å². The van der Waals surface area contributed by atoms with Crippen LogP contribution in [-0.2, 0) is 14.2 Å². The van der Waals surface area contributed by atoms with Crippen molar-refractivity contribution in [2.24, 2.45) is 17.3 Å². The Morgan fingerprint density at radius 2 is 1.89 bits per heavy atom. The predicted octanol–water partition coefficient (Wildman–Crippen LogP) is 4.01. The van der Waals surface area contributed by atoms with Crippen LogP contribution in [0.1, 0.15) is 62.2 Å². The van der Waals surface area contributed by atoms with Crippen LogP contribution in [0.15, 0.2) is 18.2 Å². The van der Waals surface area contributed by atoms with Gasteiger partial charge in [-0.2, -0.15) is 0 Å². The highest BCUT2D eigenvalue weighted by Gasteiger charge is 2.56. The fourth-order valence-corrected chi connectivity index (χ4v) is 6.16. The molecule has 0 aliphatic heterocycles. The molecule has 2 fully saturated rings. The number of aliphatic hydroxyl groups excluding tert-OH is 1. The Hall–Kier alpha value is -1.14. The molecule has 0 aromatic heterocycles. The number of benzene rings is 1. The Bertz CT molecular complexity index is 662. The second-order valence-electron chi connectivity index (χ2n) is 8.65. The molecular formula is C22H32O5. The van der Waals surface area contributed by atoms with Gasteiger partial charge in [-0.05, 0) is 78.5 Å². The van der Waals surface area contributed by atoms with Gasteiger partial charge in [-0.3, -0.25) is 0 Å². The molecule has 0 bridgehead atoms. The summed E-state index contributed by atoms with van der Waals surface area (Å²) in [6, 6.07) is 6.18. The topological polar surface area (TPSA) is 57.2 Å². The molecule has 4 rings (SSSR count). The van der Waals surface area contributed by atoms with Crippen molar-refractivity contribution in [1.82, 2.24) is 0 Å². The molecule has 5 nitrogen and oxygen atoms in total. The molecule has 0 saturated heterocycles. The lowest BCUT2D eigenvalue weighted by atomic mass is 9.55. The molecule has 1 aromatic rings. The van der Waals surface area contributed by atoms with E-state index in [1.165, 1.54) is 18.4 Å². The van der Waals surface area contributed by atoms with Crippen LogP contribution < -0.4 is 4.74 Å². The van der Waals surface area contributed by atoms with Gasteiger partial charge in [0.05, 0.1) is 12.2 Å². The van der Waals surface area contributed by atoms with Crippen molar-refractivity contribution in [2.75, 3.05) is 27.8 Å². The molecule has 2 saturated carbocycles. The van der Waals surface area contributed by atoms with E-state index in [0.29, 0.717) is 24.5 Å². The highest BCUT2D eigenvalue weighted by molar-refractivity contribution is 5.42. The molecule has 0 heterocycles. The lowest BCUT2D eigenvalue weighted by Gasteiger charge is -2.51. The first-order chi connectivity index (χ1) is 13.1. The van der Waals surface area contributed by atoms with Crippen LogP contribution in [0.5, 0.6) is 5.75 Å². The van der Waals surface area contributed by atoms with E-state index in [1.54, 1.807) is 14.2 Å². The number of ether oxygens (including phenoxy) is 4. The average Bonchev–Trinajstić information content (AvgIpc) is 3.01. The van der Waals surface area contributed by atoms with Gasteiger partial charge in [0.2, 0.25) is 0 Å². The van der Waals surface area contributed by atoms with Gasteiger partial charge in [0, 0.05) is 14.2 Å². The maximum Gasteiger partial charge on any atom is 0.188 e. The summed E-state index contributed by atoms with van der Waals surface area (Å²) in [5.41, 5.74) is 2.55. The van der Waals surface area contributed by atoms with E-state index >= 15 is 0 Å². The summed E-state index contributed by atoms with van der Waals surface area (Å²) in [6.07, 6.45) is 5.29. The van der Waals surface area contributed by atoms with Crippen LogP contribution in [0.25, 0.3) is 0 Å². The van der Waals surface area contributed by atoms with Crippen LogP contribution >= 0.6 is 0 Å². The SMILES string of the molecule is COCOc1ccc2c(c1)C(O)CC1C2CC[C@]2(C)C(OCOC)CCC12. The van der Waals surface area contributed by atoms with E-state index in [1.807, 2.05) is 12.1 Å². The van der Waals surface area contributed by atoms with Crippen LogP contribution in [0, 0.1) is 17.3 Å². The Morgan fingerprint density at radius 1 is 1.07 bits per heavy atom. The average molecular weight is 376 g/mol. The molecule has 0 amide bonds. The first-order valence-corrected chi connectivity index (χ1v) is 10.1. The van der Waals surface area contributed by atoms with Crippen molar-refractivity contribution in [2.45, 2.75) is 57.2 Å². The minimum Gasteiger partial charge on any atom is -0.468 e. The third kappa shape index (κ3) is 3.29. The molecule has 6 atom stereocenters. The van der Waals surface area contributed by atoms with Crippen LogP contribution in [-0.4, -0.2) is 39.0 Å². The zero-order valence-corrected chi connectivity index (χ0v) is 16.6. The normalized spacial score (nSPS) is 37.4. The Kier molecular flexibility index (Phi) is 5.48. The molecule has 3 aliphatic carbocycles. The molecule has 27 heavy (non-hydrogen) atoms. The number of fused-ring (bicyclic) bond motifs is 5. The standard InChI is InChI=1S/C22H32O5/c1-22-9-8-16-15-5-4-14(26-12-24-2)10-18(15)20(23)11-17(16)19(22)6-7-21(22)27-13-25-3/h4-5,10,16-17,19-21,23H,6-9,11-13H2,1-3H3/t16?,17?,19?,20?,21?,22-/m0/s1. The third-order valence-corrected chi connectivity index (χ3v) is 7.39. The van der Waals surface area contributed by atoms with Gasteiger partial charge in [0.1, 0.15) is 12.5 Å². The van der Waals surface area contributed by atoms with Crippen molar-refractivity contribution in [1.29, 1.82) is 0 Å². The van der Waals surface area contributed by atoms with E-state index in [2.05, 4.69) is 13.0 Å². The number of methoxy groups -OCH3 is 2. The Morgan fingerprint density at radius 3 is 2.67 bits per heavy atom. The Balaban J connectivity index is 1.57. The zero-order chi connectivity index (χ0) is 19.0. The maximum absolute atomic E-state index is 10.9. The van der Waals surface area contributed by atoms with E-state index < -0.39 is 6.10 Å². The highest BCUT2D eigenvalue weighted by Crippen LogP contribution is 2.62. The first-order valence-electron chi connectivity index (χ1n) is 10.1. The summed E-state index contributed by atoms with van der Waals surface area (Å²) >= 11 is 0. The van der Waals surface area contributed by atoms with Gasteiger partial charge in [0.25, 0.3) is 0 Å². The van der Waals surface area contributed by atoms with Gasteiger partial charge < -0.3 is 24.1 Å². The summed E-state index contributed by atoms with van der Waals surface area (Å²) in [5, 5.41) is 10.9. The van der Waals surface area contributed by atoms with Gasteiger partial charge in [-0.15, -0.1) is 0 Å². The second kappa shape index (κ2) is 7.70. The number of hydrogen-bond acceptors (Lipinski definition) is 5. The smallest absolute Gasteiger partial charge is 0.188 e. The third-order valence-electron chi connectivity index (χ3n) is 7.39. The zero-order valence-electron chi connectivity index (χ0n) is 16.6. The predicted molar refractivity (Wildman–Crippen MR) is 102 cm³/mol. The van der Waals surface area contributed by atoms with Crippen LogP contribution in [0.4, 0.5) is 0 Å². The molecule has 5 unspecified atom stereocenters. The van der Waals surface area contributed by atoms with Crippen LogP contribution in [0.3, 0.4) is 0 Å². The van der Waals surface area contributed by atoms with Gasteiger partial charge in [-0.25, -0.2) is 0 Å². The van der Waals surface area contributed by atoms with E-state index in [4.69, 9.17) is 18.9 Å². The molecule has 3 aliphatic rings. The molecular weight excluding hydrogens is 344 g/mol. The quantitative estimate of drug-likeness (QED) is 0.761. The van der Waals surface area contributed by atoms with Gasteiger partial charge in [-0.1, -0.05) is 13.0 Å². The molecule has 0 radical (unpaired) electrons. The minimum atomic E-state index is -0.423. The summed E-state index contributed by atoms with van der Waals surface area (Å²) in [5.74, 6) is 2.42. The van der Waals surface area contributed by atoms with E-state index in [0.717, 1.165) is 30.6 Å². The number of rotatable bonds is 6. The fraction of sp³-hybridized carbons (Fsp3) is 0.727. The van der Waals surface area contributed by atoms with E-state index in [9.17, 15) is 5.11 Å². The monoisotopic (exact) mass is 376 g/mol. The van der Waals surface area contributed by atoms with E-state index in [-0.39, 0.29) is 18.3 Å². The number of hydrogen-bond donors (Lipinski definition) is 1. The second-order valence-corrected chi connectivity index (χ2v) is 8.65. The highest BCUT2D eigenvalue weighted by atomic mass is 16.7. The summed E-state index contributed by atoms with van der Waals surface area (Å²) < 4.78 is 21.8. The molecule has 1 N–H and O–H groups in total. The first kappa shape index (κ1) is 19.2. The van der Waals surface area contributed by atoms with Gasteiger partial charge >= 0.3 is 0 Å². The molecule has 0 spiro atoms. The van der Waals surface area contributed by atoms with Crippen molar-refractivity contribution in [3.05, 3.63) is 29.3 Å². The molecule has 150 valence electrons. The largest absolute Gasteiger partial charge is 0.468 e. The summed E-state index contributed by atoms with van der Waals surface area (Å²) in [6.45, 7) is 2.99. The lowest BCUT2D eigenvalue weighted by molar-refractivity contribution is -0.127. The number of aliphatic hydroxyl groups is 1. The summed E-state index contributed by atoms with van der Waals surface area (Å²) in [7, 11) is 3.30. The lowest BCUT2D eigenvalue weighted by Crippen LogP contribution is -2.45. The molecule has 1 aromatic carbocycles. The summed E-state index contributed by atoms with van der Waals surface area (Å²) in [4.78, 5) is 0. The fourth-order valence-electron chi connectivity index (χ4n) is 6.16. The van der Waals surface area contributed by atoms with Crippen molar-refractivity contribution < 1.29 is 24.1 Å². The Labute approximate surface area is 162 Å². The maximum atomic E-state index is 10.9. The van der Waals surface area contributed by atoms with Crippen molar-refractivity contribution >= 4 is 0 Å².